The standard InChI is InChI=1S/C17H21N3O5S/c1-13-11-15(18-25-13)12-19(2)17(21)14-3-5-16(6-4-14)26(22,23)20-7-9-24-10-8-20/h3-6,11H,7-10,12H2,1-2H3. The second-order valence-electron chi connectivity index (χ2n) is 6.13. The summed E-state index contributed by atoms with van der Waals surface area (Å²) in [6, 6.07) is 7.75. The summed E-state index contributed by atoms with van der Waals surface area (Å²) in [7, 11) is -1.91. The van der Waals surface area contributed by atoms with Crippen molar-refractivity contribution in [3.63, 3.8) is 0 Å². The number of benzene rings is 1. The van der Waals surface area contributed by atoms with Gasteiger partial charge in [-0.1, -0.05) is 5.16 Å². The van der Waals surface area contributed by atoms with Crippen LogP contribution in [-0.2, 0) is 21.3 Å². The molecule has 0 radical (unpaired) electrons. The molecule has 140 valence electrons. The van der Waals surface area contributed by atoms with Crippen LogP contribution in [0.3, 0.4) is 0 Å². The Balaban J connectivity index is 1.71. The van der Waals surface area contributed by atoms with Gasteiger partial charge in [-0.2, -0.15) is 4.31 Å². The molecule has 9 heteroatoms. The molecule has 2 heterocycles. The first-order valence-electron chi connectivity index (χ1n) is 8.23. The van der Waals surface area contributed by atoms with Gasteiger partial charge in [0, 0.05) is 31.8 Å². The number of morpholine rings is 1. The fraction of sp³-hybridized carbons (Fsp3) is 0.412. The fourth-order valence-electron chi connectivity index (χ4n) is 2.73. The second kappa shape index (κ2) is 7.56. The molecular weight excluding hydrogens is 358 g/mol. The molecule has 1 aromatic carbocycles. The Bertz CT molecular complexity index is 870. The van der Waals surface area contributed by atoms with Gasteiger partial charge in [0.1, 0.15) is 11.5 Å². The zero-order chi connectivity index (χ0) is 18.7. The molecule has 0 bridgehead atoms. The van der Waals surface area contributed by atoms with Crippen LogP contribution in [0.1, 0.15) is 21.8 Å². The number of carbonyl (C=O) groups excluding carboxylic acids is 1. The molecule has 0 N–H and O–H groups in total. The summed E-state index contributed by atoms with van der Waals surface area (Å²) in [6.45, 7) is 3.55. The first-order valence-corrected chi connectivity index (χ1v) is 9.67. The minimum atomic E-state index is -3.56. The highest BCUT2D eigenvalue weighted by molar-refractivity contribution is 7.89. The molecule has 0 spiro atoms. The van der Waals surface area contributed by atoms with Crippen molar-refractivity contribution in [2.24, 2.45) is 0 Å². The molecule has 1 saturated heterocycles. The molecule has 26 heavy (non-hydrogen) atoms. The number of aromatic nitrogens is 1. The molecule has 0 saturated carbocycles. The van der Waals surface area contributed by atoms with Crippen LogP contribution >= 0.6 is 0 Å². The Kier molecular flexibility index (Phi) is 5.40. The van der Waals surface area contributed by atoms with Gasteiger partial charge in [0.25, 0.3) is 5.91 Å². The molecule has 1 aliphatic rings. The quantitative estimate of drug-likeness (QED) is 0.777. The number of nitrogens with zero attached hydrogens (tertiary/aromatic N) is 3. The van der Waals surface area contributed by atoms with E-state index in [0.29, 0.717) is 49.9 Å². The first kappa shape index (κ1) is 18.6. The fourth-order valence-corrected chi connectivity index (χ4v) is 4.14. The summed E-state index contributed by atoms with van der Waals surface area (Å²) in [5.41, 5.74) is 1.07. The van der Waals surface area contributed by atoms with Crippen molar-refractivity contribution in [2.45, 2.75) is 18.4 Å². The monoisotopic (exact) mass is 379 g/mol. The van der Waals surface area contributed by atoms with Crippen molar-refractivity contribution in [3.05, 3.63) is 47.3 Å². The van der Waals surface area contributed by atoms with E-state index in [9.17, 15) is 13.2 Å². The van der Waals surface area contributed by atoms with Crippen molar-refractivity contribution in [2.75, 3.05) is 33.4 Å². The molecular formula is C17H21N3O5S. The summed E-state index contributed by atoms with van der Waals surface area (Å²) >= 11 is 0. The van der Waals surface area contributed by atoms with Gasteiger partial charge in [0.2, 0.25) is 10.0 Å². The summed E-state index contributed by atoms with van der Waals surface area (Å²) in [5, 5.41) is 3.87. The number of hydrogen-bond acceptors (Lipinski definition) is 6. The maximum Gasteiger partial charge on any atom is 0.253 e. The molecule has 1 amide bonds. The summed E-state index contributed by atoms with van der Waals surface area (Å²) in [4.78, 5) is 14.2. The van der Waals surface area contributed by atoms with Gasteiger partial charge < -0.3 is 14.2 Å². The van der Waals surface area contributed by atoms with Crippen LogP contribution in [0.15, 0.2) is 39.8 Å². The lowest BCUT2D eigenvalue weighted by Crippen LogP contribution is -2.40. The van der Waals surface area contributed by atoms with Crippen LogP contribution in [0.4, 0.5) is 0 Å². The maximum absolute atomic E-state index is 12.6. The zero-order valence-electron chi connectivity index (χ0n) is 14.7. The Morgan fingerprint density at radius 2 is 1.88 bits per heavy atom. The van der Waals surface area contributed by atoms with Crippen LogP contribution in [0.2, 0.25) is 0 Å². The van der Waals surface area contributed by atoms with Crippen LogP contribution in [0.25, 0.3) is 0 Å². The predicted octanol–water partition coefficient (Wildman–Crippen LogP) is 1.28. The molecule has 3 rings (SSSR count). The normalized spacial score (nSPS) is 15.8. The Morgan fingerprint density at radius 1 is 1.23 bits per heavy atom. The number of hydrogen-bond donors (Lipinski definition) is 0. The van der Waals surface area contributed by atoms with Crippen molar-refractivity contribution in [3.8, 4) is 0 Å². The average molecular weight is 379 g/mol. The topological polar surface area (TPSA) is 93.0 Å². The van der Waals surface area contributed by atoms with E-state index in [1.165, 1.54) is 33.5 Å². The summed E-state index contributed by atoms with van der Waals surface area (Å²) in [6.07, 6.45) is 0. The zero-order valence-corrected chi connectivity index (χ0v) is 15.5. The van der Waals surface area contributed by atoms with Gasteiger partial charge >= 0.3 is 0 Å². The lowest BCUT2D eigenvalue weighted by Gasteiger charge is -2.26. The molecule has 1 fully saturated rings. The van der Waals surface area contributed by atoms with E-state index >= 15 is 0 Å². The Hall–Kier alpha value is -2.23. The van der Waals surface area contributed by atoms with E-state index in [0.717, 1.165) is 0 Å². The average Bonchev–Trinajstić information content (AvgIpc) is 3.06. The molecule has 0 unspecified atom stereocenters. The largest absolute Gasteiger partial charge is 0.379 e. The van der Waals surface area contributed by atoms with Crippen LogP contribution in [0.5, 0.6) is 0 Å². The minimum Gasteiger partial charge on any atom is -0.379 e. The third-order valence-corrected chi connectivity index (χ3v) is 6.04. The summed E-state index contributed by atoms with van der Waals surface area (Å²) in [5.74, 6) is 0.458. The molecule has 2 aromatic rings. The molecule has 0 aliphatic carbocycles. The molecule has 1 aromatic heterocycles. The van der Waals surface area contributed by atoms with Crippen molar-refractivity contribution in [1.29, 1.82) is 0 Å². The van der Waals surface area contributed by atoms with E-state index in [1.54, 1.807) is 20.0 Å². The third kappa shape index (κ3) is 3.95. The van der Waals surface area contributed by atoms with Crippen molar-refractivity contribution >= 4 is 15.9 Å². The molecule has 1 aliphatic heterocycles. The highest BCUT2D eigenvalue weighted by Crippen LogP contribution is 2.18. The molecule has 0 atom stereocenters. The van der Waals surface area contributed by atoms with Gasteiger partial charge in [0.05, 0.1) is 24.7 Å². The SMILES string of the molecule is Cc1cc(CN(C)C(=O)c2ccc(S(=O)(=O)N3CCOCC3)cc2)no1. The number of aryl methyl sites for hydroxylation is 1. The lowest BCUT2D eigenvalue weighted by atomic mass is 10.2. The number of ether oxygens (including phenoxy) is 1. The van der Waals surface area contributed by atoms with Crippen molar-refractivity contribution < 1.29 is 22.5 Å². The number of amides is 1. The van der Waals surface area contributed by atoms with Gasteiger partial charge in [-0.15, -0.1) is 0 Å². The minimum absolute atomic E-state index is 0.172. The van der Waals surface area contributed by atoms with E-state index in [2.05, 4.69) is 5.16 Å². The maximum atomic E-state index is 12.6. The smallest absolute Gasteiger partial charge is 0.253 e. The number of carbonyl (C=O) groups is 1. The lowest BCUT2D eigenvalue weighted by molar-refractivity contribution is 0.0730. The van der Waals surface area contributed by atoms with E-state index in [4.69, 9.17) is 9.26 Å². The Labute approximate surface area is 152 Å². The predicted molar refractivity (Wildman–Crippen MR) is 93.1 cm³/mol. The number of rotatable bonds is 5. The Morgan fingerprint density at radius 3 is 2.46 bits per heavy atom. The van der Waals surface area contributed by atoms with Gasteiger partial charge in [-0.3, -0.25) is 4.79 Å². The van der Waals surface area contributed by atoms with Gasteiger partial charge in [0.15, 0.2) is 0 Å². The highest BCUT2D eigenvalue weighted by Gasteiger charge is 2.26. The van der Waals surface area contributed by atoms with E-state index in [1.807, 2.05) is 0 Å². The first-order chi connectivity index (χ1) is 12.4. The number of sulfonamides is 1. The van der Waals surface area contributed by atoms with Crippen LogP contribution in [-0.4, -0.2) is 62.0 Å². The van der Waals surface area contributed by atoms with E-state index < -0.39 is 10.0 Å². The summed E-state index contributed by atoms with van der Waals surface area (Å²) < 4.78 is 36.8. The van der Waals surface area contributed by atoms with Gasteiger partial charge in [-0.05, 0) is 31.2 Å². The van der Waals surface area contributed by atoms with Crippen LogP contribution in [0, 0.1) is 6.92 Å². The van der Waals surface area contributed by atoms with E-state index in [-0.39, 0.29) is 10.8 Å². The highest BCUT2D eigenvalue weighted by atomic mass is 32.2. The van der Waals surface area contributed by atoms with Crippen molar-refractivity contribution in [1.82, 2.24) is 14.4 Å². The van der Waals surface area contributed by atoms with Crippen LogP contribution < -0.4 is 0 Å². The third-order valence-electron chi connectivity index (χ3n) is 4.13. The second-order valence-corrected chi connectivity index (χ2v) is 8.07. The molecule has 8 nitrogen and oxygen atoms in total. The van der Waals surface area contributed by atoms with Gasteiger partial charge in [-0.25, -0.2) is 8.42 Å².